The molecule has 0 fully saturated rings. The van der Waals surface area contributed by atoms with Gasteiger partial charge in [-0.25, -0.2) is 4.98 Å². The standard InChI is InChI=1S/C21H17N5O2/c1-28-19-7-3-2-6-15(19)14-9-17-16(18(27)10-14)12-23-21-24-20(25-26(17)21)13-5-4-8-22-11-13/h2-8,11-12,14H,9-10H2,1H3. The van der Waals surface area contributed by atoms with Crippen molar-refractivity contribution in [3.8, 4) is 17.1 Å². The number of hydrogen-bond acceptors (Lipinski definition) is 6. The quantitative estimate of drug-likeness (QED) is 0.550. The number of aromatic nitrogens is 5. The Labute approximate surface area is 161 Å². The van der Waals surface area contributed by atoms with Crippen LogP contribution in [0.3, 0.4) is 0 Å². The lowest BCUT2D eigenvalue weighted by Crippen LogP contribution is -2.22. The summed E-state index contributed by atoms with van der Waals surface area (Å²) < 4.78 is 7.20. The first-order valence-electron chi connectivity index (χ1n) is 9.06. The third-order valence-electron chi connectivity index (χ3n) is 5.14. The summed E-state index contributed by atoms with van der Waals surface area (Å²) >= 11 is 0. The molecule has 7 heteroatoms. The zero-order valence-corrected chi connectivity index (χ0v) is 15.2. The molecule has 0 aliphatic heterocycles. The molecule has 1 aliphatic carbocycles. The first kappa shape index (κ1) is 16.6. The molecule has 3 aromatic heterocycles. The Morgan fingerprint density at radius 1 is 1.11 bits per heavy atom. The van der Waals surface area contributed by atoms with Crippen molar-refractivity contribution in [2.24, 2.45) is 0 Å². The minimum Gasteiger partial charge on any atom is -0.496 e. The number of benzene rings is 1. The van der Waals surface area contributed by atoms with E-state index in [0.29, 0.717) is 30.0 Å². The van der Waals surface area contributed by atoms with Crippen LogP contribution in [0, 0.1) is 0 Å². The first-order valence-corrected chi connectivity index (χ1v) is 9.06. The minimum atomic E-state index is 0.0211. The van der Waals surface area contributed by atoms with Gasteiger partial charge in [0.1, 0.15) is 5.75 Å². The number of Topliss-reactive ketones (excluding diaryl/α,β-unsaturated/α-hetero) is 1. The molecular weight excluding hydrogens is 354 g/mol. The molecule has 0 N–H and O–H groups in total. The fourth-order valence-electron chi connectivity index (χ4n) is 3.79. The maximum absolute atomic E-state index is 12.8. The summed E-state index contributed by atoms with van der Waals surface area (Å²) in [6, 6.07) is 11.6. The molecule has 28 heavy (non-hydrogen) atoms. The van der Waals surface area contributed by atoms with Crippen LogP contribution >= 0.6 is 0 Å². The molecule has 4 aromatic rings. The van der Waals surface area contributed by atoms with Gasteiger partial charge in [0.15, 0.2) is 11.6 Å². The number of rotatable bonds is 3. The highest BCUT2D eigenvalue weighted by molar-refractivity contribution is 5.98. The zero-order chi connectivity index (χ0) is 19.1. The van der Waals surface area contributed by atoms with Crippen molar-refractivity contribution in [2.45, 2.75) is 18.8 Å². The molecule has 5 rings (SSSR count). The monoisotopic (exact) mass is 371 g/mol. The number of para-hydroxylation sites is 1. The summed E-state index contributed by atoms with van der Waals surface area (Å²) in [7, 11) is 1.65. The van der Waals surface area contributed by atoms with E-state index in [2.05, 4.69) is 20.1 Å². The lowest BCUT2D eigenvalue weighted by atomic mass is 9.82. The van der Waals surface area contributed by atoms with Crippen molar-refractivity contribution in [1.29, 1.82) is 0 Å². The first-order chi connectivity index (χ1) is 13.7. The molecule has 138 valence electrons. The number of carbonyl (C=O) groups excluding carboxylic acids is 1. The van der Waals surface area contributed by atoms with Crippen LogP contribution in [-0.4, -0.2) is 37.5 Å². The highest BCUT2D eigenvalue weighted by atomic mass is 16.5. The lowest BCUT2D eigenvalue weighted by molar-refractivity contribution is 0.0961. The van der Waals surface area contributed by atoms with E-state index in [0.717, 1.165) is 22.6 Å². The number of fused-ring (bicyclic) bond motifs is 3. The molecule has 1 unspecified atom stereocenters. The van der Waals surface area contributed by atoms with Crippen molar-refractivity contribution >= 4 is 11.6 Å². The fraction of sp³-hybridized carbons (Fsp3) is 0.190. The summed E-state index contributed by atoms with van der Waals surface area (Å²) in [5, 5.41) is 4.62. The molecule has 0 radical (unpaired) electrons. The van der Waals surface area contributed by atoms with E-state index in [1.807, 2.05) is 36.4 Å². The molecule has 3 heterocycles. The van der Waals surface area contributed by atoms with Gasteiger partial charge in [0.25, 0.3) is 5.78 Å². The van der Waals surface area contributed by atoms with Gasteiger partial charge in [0.05, 0.1) is 18.4 Å². The predicted octanol–water partition coefficient (Wildman–Crippen LogP) is 3.11. The number of pyridine rings is 1. The molecule has 0 saturated carbocycles. The van der Waals surface area contributed by atoms with E-state index < -0.39 is 0 Å². The highest BCUT2D eigenvalue weighted by Crippen LogP contribution is 2.36. The molecular formula is C21H17N5O2. The highest BCUT2D eigenvalue weighted by Gasteiger charge is 2.31. The number of nitrogens with zero attached hydrogens (tertiary/aromatic N) is 5. The Morgan fingerprint density at radius 3 is 2.82 bits per heavy atom. The normalized spacial score (nSPS) is 16.2. The number of ether oxygens (including phenoxy) is 1. The van der Waals surface area contributed by atoms with Gasteiger partial charge < -0.3 is 4.74 Å². The predicted molar refractivity (Wildman–Crippen MR) is 102 cm³/mol. The van der Waals surface area contributed by atoms with Gasteiger partial charge >= 0.3 is 0 Å². The number of hydrogen-bond donors (Lipinski definition) is 0. The topological polar surface area (TPSA) is 82.3 Å². The van der Waals surface area contributed by atoms with E-state index in [9.17, 15) is 4.79 Å². The summed E-state index contributed by atoms with van der Waals surface area (Å²) in [5.41, 5.74) is 3.29. The smallest absolute Gasteiger partial charge is 0.252 e. The Morgan fingerprint density at radius 2 is 2.00 bits per heavy atom. The van der Waals surface area contributed by atoms with Crippen LogP contribution in [0.4, 0.5) is 0 Å². The van der Waals surface area contributed by atoms with E-state index in [4.69, 9.17) is 4.74 Å². The van der Waals surface area contributed by atoms with Crippen LogP contribution in [0.25, 0.3) is 17.2 Å². The second-order valence-electron chi connectivity index (χ2n) is 6.78. The largest absolute Gasteiger partial charge is 0.496 e. The molecule has 0 spiro atoms. The van der Waals surface area contributed by atoms with Crippen molar-refractivity contribution in [2.75, 3.05) is 7.11 Å². The average molecular weight is 371 g/mol. The fourth-order valence-corrected chi connectivity index (χ4v) is 3.79. The van der Waals surface area contributed by atoms with Crippen molar-refractivity contribution < 1.29 is 9.53 Å². The molecule has 1 atom stereocenters. The number of carbonyl (C=O) groups is 1. The van der Waals surface area contributed by atoms with Gasteiger partial charge in [-0.3, -0.25) is 9.78 Å². The Bertz CT molecular complexity index is 1190. The van der Waals surface area contributed by atoms with E-state index in [-0.39, 0.29) is 11.7 Å². The van der Waals surface area contributed by atoms with E-state index >= 15 is 0 Å². The van der Waals surface area contributed by atoms with Gasteiger partial charge in [0, 0.05) is 36.5 Å². The van der Waals surface area contributed by atoms with Crippen LogP contribution in [0.2, 0.25) is 0 Å². The van der Waals surface area contributed by atoms with Crippen LogP contribution in [-0.2, 0) is 6.42 Å². The van der Waals surface area contributed by atoms with Gasteiger partial charge in [-0.15, -0.1) is 5.10 Å². The van der Waals surface area contributed by atoms with Crippen LogP contribution in [0.15, 0.2) is 55.0 Å². The van der Waals surface area contributed by atoms with Crippen molar-refractivity contribution in [3.05, 3.63) is 71.8 Å². The molecule has 7 nitrogen and oxygen atoms in total. The lowest BCUT2D eigenvalue weighted by Gasteiger charge is -2.25. The summed E-state index contributed by atoms with van der Waals surface area (Å²) in [6.07, 6.45) is 6.12. The maximum atomic E-state index is 12.8. The van der Waals surface area contributed by atoms with Gasteiger partial charge in [-0.1, -0.05) is 18.2 Å². The third-order valence-corrected chi connectivity index (χ3v) is 5.14. The summed E-state index contributed by atoms with van der Waals surface area (Å²) in [4.78, 5) is 25.8. The summed E-state index contributed by atoms with van der Waals surface area (Å²) in [6.45, 7) is 0. The SMILES string of the molecule is COc1ccccc1C1CC(=O)c2cnc3nc(-c4cccnc4)nn3c2C1. The molecule has 1 aliphatic rings. The average Bonchev–Trinajstić information content (AvgIpc) is 3.19. The Kier molecular flexibility index (Phi) is 3.86. The maximum Gasteiger partial charge on any atom is 0.252 e. The van der Waals surface area contributed by atoms with Crippen LogP contribution < -0.4 is 4.74 Å². The molecule has 0 amide bonds. The van der Waals surface area contributed by atoms with E-state index in [1.54, 1.807) is 30.2 Å². The van der Waals surface area contributed by atoms with E-state index in [1.165, 1.54) is 0 Å². The second kappa shape index (κ2) is 6.53. The Hall–Kier alpha value is -3.61. The van der Waals surface area contributed by atoms with Crippen LogP contribution in [0.1, 0.15) is 34.0 Å². The molecule has 1 aromatic carbocycles. The molecule has 0 saturated heterocycles. The van der Waals surface area contributed by atoms with Gasteiger partial charge in [-0.05, 0) is 30.2 Å². The minimum absolute atomic E-state index is 0.0211. The van der Waals surface area contributed by atoms with Crippen molar-refractivity contribution in [3.63, 3.8) is 0 Å². The summed E-state index contributed by atoms with van der Waals surface area (Å²) in [5.74, 6) is 1.90. The second-order valence-corrected chi connectivity index (χ2v) is 6.78. The van der Waals surface area contributed by atoms with Crippen LogP contribution in [0.5, 0.6) is 5.75 Å². The van der Waals surface area contributed by atoms with Gasteiger partial charge in [0.2, 0.25) is 0 Å². The molecule has 0 bridgehead atoms. The Balaban J connectivity index is 1.62. The van der Waals surface area contributed by atoms with Crippen molar-refractivity contribution in [1.82, 2.24) is 24.6 Å². The third kappa shape index (κ3) is 2.63. The zero-order valence-electron chi connectivity index (χ0n) is 15.2. The number of ketones is 1. The van der Waals surface area contributed by atoms with Gasteiger partial charge in [-0.2, -0.15) is 9.50 Å². The number of methoxy groups -OCH3 is 1.